The van der Waals surface area contributed by atoms with Crippen molar-refractivity contribution in [1.29, 1.82) is 0 Å². The van der Waals surface area contributed by atoms with E-state index in [1.54, 1.807) is 12.0 Å². The Morgan fingerprint density at radius 2 is 1.57 bits per heavy atom. The van der Waals surface area contributed by atoms with Crippen LogP contribution in [0.1, 0.15) is 37.5 Å². The quantitative estimate of drug-likeness (QED) is 0.722. The van der Waals surface area contributed by atoms with E-state index in [2.05, 4.69) is 19.2 Å². The molecule has 5 heteroatoms. The van der Waals surface area contributed by atoms with E-state index in [0.29, 0.717) is 13.0 Å². The molecule has 0 atom stereocenters. The molecule has 2 amide bonds. The second-order valence-electron chi connectivity index (χ2n) is 6.65. The maximum atomic E-state index is 12.5. The first-order chi connectivity index (χ1) is 13.5. The van der Waals surface area contributed by atoms with Gasteiger partial charge in [0.1, 0.15) is 12.3 Å². The molecule has 0 heterocycles. The molecule has 0 unspecified atom stereocenters. The van der Waals surface area contributed by atoms with E-state index in [0.717, 1.165) is 41.0 Å². The number of methoxy groups -OCH3 is 1. The summed E-state index contributed by atoms with van der Waals surface area (Å²) in [6.07, 6.45) is 2.28. The molecule has 0 bridgehead atoms. The van der Waals surface area contributed by atoms with E-state index in [1.807, 2.05) is 42.5 Å². The van der Waals surface area contributed by atoms with Crippen LogP contribution in [0, 0.1) is 0 Å². The lowest BCUT2D eigenvalue weighted by molar-refractivity contribution is -0.123. The highest BCUT2D eigenvalue weighted by molar-refractivity contribution is 5.98. The summed E-state index contributed by atoms with van der Waals surface area (Å²) in [6, 6.07) is 13.8. The smallest absolute Gasteiger partial charge is 0.240 e. The number of anilines is 1. The highest BCUT2D eigenvalue weighted by atomic mass is 16.5. The van der Waals surface area contributed by atoms with Crippen molar-refractivity contribution in [1.82, 2.24) is 5.32 Å². The summed E-state index contributed by atoms with van der Waals surface area (Å²) in [5.74, 6) is 0.514. The van der Waals surface area contributed by atoms with Gasteiger partial charge in [0.25, 0.3) is 0 Å². The van der Waals surface area contributed by atoms with Gasteiger partial charge in [0, 0.05) is 13.5 Å². The summed E-state index contributed by atoms with van der Waals surface area (Å²) >= 11 is 0. The van der Waals surface area contributed by atoms with Crippen molar-refractivity contribution in [2.24, 2.45) is 0 Å². The highest BCUT2D eigenvalue weighted by Crippen LogP contribution is 2.27. The van der Waals surface area contributed by atoms with Crippen LogP contribution in [0.4, 0.5) is 5.69 Å². The molecule has 0 saturated carbocycles. The second-order valence-corrected chi connectivity index (χ2v) is 6.65. The zero-order valence-corrected chi connectivity index (χ0v) is 17.2. The number of amides is 2. The van der Waals surface area contributed by atoms with E-state index in [9.17, 15) is 9.59 Å². The lowest BCUT2D eigenvalue weighted by Gasteiger charge is -2.26. The summed E-state index contributed by atoms with van der Waals surface area (Å²) in [5, 5.41) is 2.92. The predicted molar refractivity (Wildman–Crippen MR) is 113 cm³/mol. The normalized spacial score (nSPS) is 10.4. The van der Waals surface area contributed by atoms with Crippen LogP contribution in [0.3, 0.4) is 0 Å². The molecule has 2 rings (SSSR count). The zero-order valence-electron chi connectivity index (χ0n) is 17.2. The number of ether oxygens (including phenoxy) is 1. The van der Waals surface area contributed by atoms with Crippen molar-refractivity contribution in [2.45, 2.75) is 40.0 Å². The molecule has 150 valence electrons. The molecule has 2 aromatic rings. The lowest BCUT2D eigenvalue weighted by atomic mass is 10.0. The number of benzene rings is 2. The van der Waals surface area contributed by atoms with E-state index in [-0.39, 0.29) is 18.4 Å². The molecule has 1 N–H and O–H groups in total. The molecular weight excluding hydrogens is 352 g/mol. The minimum Gasteiger partial charge on any atom is -0.496 e. The van der Waals surface area contributed by atoms with Gasteiger partial charge < -0.3 is 15.0 Å². The number of para-hydroxylation sites is 2. The van der Waals surface area contributed by atoms with E-state index in [4.69, 9.17) is 4.74 Å². The van der Waals surface area contributed by atoms with Crippen LogP contribution >= 0.6 is 0 Å². The Balaban J connectivity index is 2.07. The van der Waals surface area contributed by atoms with Gasteiger partial charge >= 0.3 is 0 Å². The Bertz CT molecular complexity index is 795. The Hall–Kier alpha value is -2.82. The Kier molecular flexibility index (Phi) is 8.05. The van der Waals surface area contributed by atoms with Crippen molar-refractivity contribution >= 4 is 17.5 Å². The first kappa shape index (κ1) is 21.5. The van der Waals surface area contributed by atoms with Gasteiger partial charge in [0.05, 0.1) is 12.8 Å². The predicted octanol–water partition coefficient (Wildman–Crippen LogP) is 3.53. The molecule has 0 spiro atoms. The fraction of sp³-hybridized carbons (Fsp3) is 0.391. The minimum atomic E-state index is -0.168. The molecule has 0 radical (unpaired) electrons. The third-order valence-corrected chi connectivity index (χ3v) is 4.83. The number of nitrogens with one attached hydrogen (secondary N) is 1. The third-order valence-electron chi connectivity index (χ3n) is 4.83. The lowest BCUT2D eigenvalue weighted by Crippen LogP contribution is -2.41. The van der Waals surface area contributed by atoms with Crippen molar-refractivity contribution < 1.29 is 14.3 Å². The van der Waals surface area contributed by atoms with Gasteiger partial charge in [-0.2, -0.15) is 0 Å². The molecule has 2 aromatic carbocycles. The molecule has 28 heavy (non-hydrogen) atoms. The molecular formula is C23H30N2O3. The van der Waals surface area contributed by atoms with Crippen molar-refractivity contribution in [3.63, 3.8) is 0 Å². The second kappa shape index (κ2) is 10.5. The summed E-state index contributed by atoms with van der Waals surface area (Å²) in [5.41, 5.74) is 4.07. The fourth-order valence-electron chi connectivity index (χ4n) is 3.36. The molecule has 0 fully saturated rings. The fourth-order valence-corrected chi connectivity index (χ4v) is 3.36. The van der Waals surface area contributed by atoms with Crippen LogP contribution in [0.25, 0.3) is 0 Å². The van der Waals surface area contributed by atoms with Gasteiger partial charge in [0.2, 0.25) is 11.8 Å². The largest absolute Gasteiger partial charge is 0.496 e. The van der Waals surface area contributed by atoms with Crippen LogP contribution in [-0.4, -0.2) is 32.0 Å². The molecule has 0 aliphatic carbocycles. The summed E-state index contributed by atoms with van der Waals surface area (Å²) < 4.78 is 5.34. The van der Waals surface area contributed by atoms with Gasteiger partial charge in [-0.25, -0.2) is 0 Å². The molecule has 0 saturated heterocycles. The molecule has 5 nitrogen and oxygen atoms in total. The standard InChI is InChI=1S/C23H30N2O3/c1-5-18-11-9-12-19(6-2)23(18)25(17(3)26)16-22(27)24-15-14-20-10-7-8-13-21(20)28-4/h7-13H,5-6,14-16H2,1-4H3,(H,24,27). The topological polar surface area (TPSA) is 58.6 Å². The van der Waals surface area contributed by atoms with Gasteiger partial charge in [-0.05, 0) is 42.0 Å². The number of carbonyl (C=O) groups is 2. The third kappa shape index (κ3) is 5.35. The van der Waals surface area contributed by atoms with Crippen LogP contribution in [-0.2, 0) is 28.9 Å². The number of hydrogen-bond donors (Lipinski definition) is 1. The van der Waals surface area contributed by atoms with Crippen LogP contribution < -0.4 is 15.0 Å². The molecule has 0 aromatic heterocycles. The first-order valence-corrected chi connectivity index (χ1v) is 9.79. The van der Waals surface area contributed by atoms with E-state index < -0.39 is 0 Å². The SMILES string of the molecule is CCc1cccc(CC)c1N(CC(=O)NCCc1ccccc1OC)C(C)=O. The van der Waals surface area contributed by atoms with Gasteiger partial charge in [-0.3, -0.25) is 9.59 Å². The summed E-state index contributed by atoms with van der Waals surface area (Å²) in [6.45, 7) is 6.13. The van der Waals surface area contributed by atoms with E-state index >= 15 is 0 Å². The highest BCUT2D eigenvalue weighted by Gasteiger charge is 2.20. The molecule has 0 aliphatic rings. The molecule has 0 aliphatic heterocycles. The first-order valence-electron chi connectivity index (χ1n) is 9.79. The number of rotatable bonds is 9. The van der Waals surface area contributed by atoms with Gasteiger partial charge in [-0.15, -0.1) is 0 Å². The number of carbonyl (C=O) groups excluding carboxylic acids is 2. The van der Waals surface area contributed by atoms with Gasteiger partial charge in [0.15, 0.2) is 0 Å². The minimum absolute atomic E-state index is 0.0191. The van der Waals surface area contributed by atoms with E-state index in [1.165, 1.54) is 6.92 Å². The average molecular weight is 383 g/mol. The van der Waals surface area contributed by atoms with Crippen molar-refractivity contribution in [3.05, 3.63) is 59.2 Å². The maximum Gasteiger partial charge on any atom is 0.240 e. The van der Waals surface area contributed by atoms with Crippen LogP contribution in [0.15, 0.2) is 42.5 Å². The van der Waals surface area contributed by atoms with Gasteiger partial charge in [-0.1, -0.05) is 50.2 Å². The summed E-state index contributed by atoms with van der Waals surface area (Å²) in [7, 11) is 1.64. The summed E-state index contributed by atoms with van der Waals surface area (Å²) in [4.78, 5) is 26.5. The monoisotopic (exact) mass is 382 g/mol. The maximum absolute atomic E-state index is 12.5. The van der Waals surface area contributed by atoms with Crippen molar-refractivity contribution in [3.8, 4) is 5.75 Å². The van der Waals surface area contributed by atoms with Crippen LogP contribution in [0.2, 0.25) is 0 Å². The average Bonchev–Trinajstić information content (AvgIpc) is 2.71. The van der Waals surface area contributed by atoms with Crippen LogP contribution in [0.5, 0.6) is 5.75 Å². The number of nitrogens with zero attached hydrogens (tertiary/aromatic N) is 1. The zero-order chi connectivity index (χ0) is 20.5. The van der Waals surface area contributed by atoms with Crippen molar-refractivity contribution in [2.75, 3.05) is 25.1 Å². The number of aryl methyl sites for hydroxylation is 2. The Labute approximate surface area is 167 Å². The number of hydrogen-bond acceptors (Lipinski definition) is 3. The Morgan fingerprint density at radius 3 is 2.14 bits per heavy atom. The Morgan fingerprint density at radius 1 is 0.964 bits per heavy atom.